The van der Waals surface area contributed by atoms with Gasteiger partial charge in [-0.15, -0.1) is 0 Å². The molecule has 1 aromatic carbocycles. The predicted molar refractivity (Wildman–Crippen MR) is 63.4 cm³/mol. The average molecular weight is 195 g/mol. The molecular formula is C12H19S+. The van der Waals surface area contributed by atoms with Crippen molar-refractivity contribution in [3.05, 3.63) is 35.4 Å². The van der Waals surface area contributed by atoms with Crippen molar-refractivity contribution < 1.29 is 0 Å². The normalized spacial score (nSPS) is 10.8. The maximum atomic E-state index is 2.29. The quantitative estimate of drug-likeness (QED) is 0.648. The van der Waals surface area contributed by atoms with Crippen molar-refractivity contribution in [2.45, 2.75) is 25.5 Å². The van der Waals surface area contributed by atoms with Crippen LogP contribution >= 0.6 is 0 Å². The Balaban J connectivity index is 2.59. The van der Waals surface area contributed by atoms with Gasteiger partial charge in [0.15, 0.2) is 0 Å². The van der Waals surface area contributed by atoms with Gasteiger partial charge in [0.2, 0.25) is 0 Å². The summed E-state index contributed by atoms with van der Waals surface area (Å²) in [4.78, 5) is 0. The largest absolute Gasteiger partial charge is 0.132 e. The van der Waals surface area contributed by atoms with Crippen LogP contribution in [-0.4, -0.2) is 12.5 Å². The van der Waals surface area contributed by atoms with Crippen LogP contribution in [0, 0.1) is 0 Å². The zero-order chi connectivity index (χ0) is 9.68. The molecule has 0 aromatic heterocycles. The van der Waals surface area contributed by atoms with Gasteiger partial charge < -0.3 is 0 Å². The van der Waals surface area contributed by atoms with E-state index >= 15 is 0 Å². The lowest BCUT2D eigenvalue weighted by atomic mass is 10.1. The highest BCUT2D eigenvalue weighted by Crippen LogP contribution is 2.09. The highest BCUT2D eigenvalue weighted by Gasteiger charge is 2.03. The van der Waals surface area contributed by atoms with Gasteiger partial charge in [-0.3, -0.25) is 0 Å². The van der Waals surface area contributed by atoms with Crippen LogP contribution in [-0.2, 0) is 23.1 Å². The zero-order valence-electron chi connectivity index (χ0n) is 8.84. The Kier molecular flexibility index (Phi) is 4.37. The van der Waals surface area contributed by atoms with Crippen LogP contribution in [0.1, 0.15) is 24.5 Å². The maximum Gasteiger partial charge on any atom is 0.132 e. The summed E-state index contributed by atoms with van der Waals surface area (Å²) in [5.41, 5.74) is 2.95. The van der Waals surface area contributed by atoms with Crippen LogP contribution in [0.25, 0.3) is 0 Å². The van der Waals surface area contributed by atoms with Gasteiger partial charge in [0.25, 0.3) is 0 Å². The minimum atomic E-state index is 0.523. The first-order valence-electron chi connectivity index (χ1n) is 4.84. The summed E-state index contributed by atoms with van der Waals surface area (Å²) >= 11 is 0. The minimum absolute atomic E-state index is 0.523. The van der Waals surface area contributed by atoms with Crippen LogP contribution in [0.15, 0.2) is 24.3 Å². The molecule has 0 N–H and O–H groups in total. The molecular weight excluding hydrogens is 176 g/mol. The van der Waals surface area contributed by atoms with E-state index in [-0.39, 0.29) is 0 Å². The summed E-state index contributed by atoms with van der Waals surface area (Å²) < 4.78 is 0. The van der Waals surface area contributed by atoms with Crippen molar-refractivity contribution in [3.63, 3.8) is 0 Å². The van der Waals surface area contributed by atoms with Gasteiger partial charge in [-0.05, 0) is 22.9 Å². The number of hydrogen-bond donors (Lipinski definition) is 0. The molecule has 0 unspecified atom stereocenters. The van der Waals surface area contributed by atoms with Crippen molar-refractivity contribution in [3.8, 4) is 0 Å². The Labute approximate surface area is 84.7 Å². The molecule has 0 aliphatic heterocycles. The molecule has 0 heterocycles. The second-order valence-corrected chi connectivity index (χ2v) is 5.96. The maximum absolute atomic E-state index is 2.29. The predicted octanol–water partition coefficient (Wildman–Crippen LogP) is 3.02. The lowest BCUT2D eigenvalue weighted by Gasteiger charge is -2.01. The van der Waals surface area contributed by atoms with Gasteiger partial charge in [0.05, 0.1) is 12.5 Å². The van der Waals surface area contributed by atoms with Crippen LogP contribution in [0.5, 0.6) is 0 Å². The molecule has 0 aliphatic carbocycles. The number of rotatable bonds is 4. The molecule has 0 radical (unpaired) electrons. The van der Waals surface area contributed by atoms with E-state index in [0.29, 0.717) is 10.9 Å². The summed E-state index contributed by atoms with van der Waals surface area (Å²) in [5.74, 6) is 1.23. The Morgan fingerprint density at radius 3 is 2.00 bits per heavy atom. The third kappa shape index (κ3) is 3.86. The standard InChI is InChI=1S/C12H19S/c1-4-5-11-6-8-12(9-7-11)10-13(2)3/h6-9H,4-5,10H2,1-3H3/q+1. The Bertz CT molecular complexity index is 236. The fraction of sp³-hybridized carbons (Fsp3) is 0.500. The SMILES string of the molecule is CCCc1ccc(C[S+](C)C)cc1. The monoisotopic (exact) mass is 195 g/mol. The van der Waals surface area contributed by atoms with E-state index in [1.54, 1.807) is 0 Å². The second-order valence-electron chi connectivity index (χ2n) is 3.70. The van der Waals surface area contributed by atoms with Crippen molar-refractivity contribution in [1.29, 1.82) is 0 Å². The first-order chi connectivity index (χ1) is 6.22. The number of hydrogen-bond acceptors (Lipinski definition) is 0. The number of benzene rings is 1. The molecule has 1 rings (SSSR count). The molecule has 0 aliphatic rings. The third-order valence-electron chi connectivity index (χ3n) is 2.02. The first kappa shape index (κ1) is 10.6. The van der Waals surface area contributed by atoms with Crippen LogP contribution < -0.4 is 0 Å². The summed E-state index contributed by atoms with van der Waals surface area (Å²) in [6, 6.07) is 9.09. The molecule has 0 atom stereocenters. The van der Waals surface area contributed by atoms with E-state index in [0.717, 1.165) is 0 Å². The summed E-state index contributed by atoms with van der Waals surface area (Å²) in [5, 5.41) is 0. The van der Waals surface area contributed by atoms with Crippen LogP contribution in [0.3, 0.4) is 0 Å². The van der Waals surface area contributed by atoms with Crippen LogP contribution in [0.4, 0.5) is 0 Å². The smallest absolute Gasteiger partial charge is 0.0651 e. The molecule has 1 heteroatoms. The lowest BCUT2D eigenvalue weighted by Crippen LogP contribution is -1.99. The average Bonchev–Trinajstić information content (AvgIpc) is 2.08. The van der Waals surface area contributed by atoms with E-state index in [4.69, 9.17) is 0 Å². The molecule has 0 bridgehead atoms. The zero-order valence-corrected chi connectivity index (χ0v) is 9.66. The Morgan fingerprint density at radius 1 is 1.00 bits per heavy atom. The Morgan fingerprint density at radius 2 is 1.54 bits per heavy atom. The third-order valence-corrected chi connectivity index (χ3v) is 2.93. The van der Waals surface area contributed by atoms with E-state index in [9.17, 15) is 0 Å². The van der Waals surface area contributed by atoms with Gasteiger partial charge in [-0.25, -0.2) is 0 Å². The summed E-state index contributed by atoms with van der Waals surface area (Å²) in [7, 11) is 0.523. The second kappa shape index (κ2) is 5.33. The Hall–Kier alpha value is -0.430. The van der Waals surface area contributed by atoms with E-state index in [1.165, 1.54) is 29.7 Å². The fourth-order valence-electron chi connectivity index (χ4n) is 1.42. The summed E-state index contributed by atoms with van der Waals surface area (Å²) in [6.45, 7) is 2.23. The van der Waals surface area contributed by atoms with Gasteiger partial charge in [-0.2, -0.15) is 0 Å². The van der Waals surface area contributed by atoms with E-state index in [2.05, 4.69) is 43.7 Å². The van der Waals surface area contributed by atoms with Crippen molar-refractivity contribution >= 4 is 10.9 Å². The molecule has 1 aromatic rings. The first-order valence-corrected chi connectivity index (χ1v) is 7.05. The fourth-order valence-corrected chi connectivity index (χ4v) is 2.28. The molecule has 0 nitrogen and oxygen atoms in total. The highest BCUT2D eigenvalue weighted by atomic mass is 32.2. The topological polar surface area (TPSA) is 0 Å². The van der Waals surface area contributed by atoms with Gasteiger partial charge in [0, 0.05) is 5.56 Å². The van der Waals surface area contributed by atoms with E-state index < -0.39 is 0 Å². The number of aryl methyl sites for hydroxylation is 1. The molecule has 72 valence electrons. The van der Waals surface area contributed by atoms with E-state index in [1.807, 2.05) is 0 Å². The molecule has 0 saturated carbocycles. The van der Waals surface area contributed by atoms with Gasteiger partial charge >= 0.3 is 0 Å². The molecule has 13 heavy (non-hydrogen) atoms. The minimum Gasteiger partial charge on any atom is -0.0651 e. The van der Waals surface area contributed by atoms with Crippen molar-refractivity contribution in [1.82, 2.24) is 0 Å². The summed E-state index contributed by atoms with van der Waals surface area (Å²) in [6.07, 6.45) is 7.04. The van der Waals surface area contributed by atoms with Gasteiger partial charge in [0.1, 0.15) is 5.75 Å². The molecule has 0 fully saturated rings. The van der Waals surface area contributed by atoms with Crippen molar-refractivity contribution in [2.24, 2.45) is 0 Å². The van der Waals surface area contributed by atoms with Gasteiger partial charge in [-0.1, -0.05) is 37.6 Å². The van der Waals surface area contributed by atoms with Crippen molar-refractivity contribution in [2.75, 3.05) is 12.5 Å². The molecule has 0 saturated heterocycles. The molecule has 0 amide bonds. The molecule has 0 spiro atoms. The van der Waals surface area contributed by atoms with Crippen LogP contribution in [0.2, 0.25) is 0 Å². The highest BCUT2D eigenvalue weighted by molar-refractivity contribution is 7.94. The lowest BCUT2D eigenvalue weighted by molar-refractivity contribution is 0.921.